The molecule has 1 aliphatic carbocycles. The molecular formula is C13H23N3O3. The molecule has 6 heteroatoms. The molecule has 2 fully saturated rings. The molecule has 2 rings (SSSR count). The molecule has 0 aromatic carbocycles. The number of carboxylic acid groups (broad SMARTS) is 1. The molecule has 2 unspecified atom stereocenters. The number of aliphatic carboxylic acids is 1. The van der Waals surface area contributed by atoms with Crippen LogP contribution >= 0.6 is 0 Å². The summed E-state index contributed by atoms with van der Waals surface area (Å²) in [7, 11) is 0. The lowest BCUT2D eigenvalue weighted by Gasteiger charge is -2.16. The first-order valence-corrected chi connectivity index (χ1v) is 7.07. The number of nitrogens with one attached hydrogen (secondary N) is 2. The number of hydrogen-bond acceptors (Lipinski definition) is 3. The van der Waals surface area contributed by atoms with E-state index in [0.717, 1.165) is 13.0 Å². The Hall–Kier alpha value is -1.30. The van der Waals surface area contributed by atoms with Gasteiger partial charge < -0.3 is 20.6 Å². The molecule has 1 aliphatic heterocycles. The monoisotopic (exact) mass is 269 g/mol. The maximum absolute atomic E-state index is 11.9. The van der Waals surface area contributed by atoms with Gasteiger partial charge in [-0.3, -0.25) is 4.79 Å². The van der Waals surface area contributed by atoms with E-state index in [0.29, 0.717) is 25.7 Å². The fourth-order valence-electron chi connectivity index (χ4n) is 2.44. The Morgan fingerprint density at radius 2 is 2.00 bits per heavy atom. The van der Waals surface area contributed by atoms with Crippen LogP contribution in [0.4, 0.5) is 4.79 Å². The molecule has 108 valence electrons. The van der Waals surface area contributed by atoms with Gasteiger partial charge in [0.05, 0.1) is 5.92 Å². The zero-order valence-corrected chi connectivity index (χ0v) is 11.4. The average molecular weight is 269 g/mol. The van der Waals surface area contributed by atoms with E-state index in [1.807, 2.05) is 6.92 Å². The molecule has 0 aromatic heterocycles. The Bertz CT molecular complexity index is 344. The van der Waals surface area contributed by atoms with Crippen LogP contribution in [0.15, 0.2) is 0 Å². The third-order valence-electron chi connectivity index (χ3n) is 3.86. The summed E-state index contributed by atoms with van der Waals surface area (Å²) in [6.07, 6.45) is 3.46. The number of carbonyl (C=O) groups is 2. The summed E-state index contributed by atoms with van der Waals surface area (Å²) in [6.45, 7) is 4.30. The van der Waals surface area contributed by atoms with Crippen LogP contribution in [-0.2, 0) is 4.79 Å². The van der Waals surface area contributed by atoms with E-state index in [2.05, 4.69) is 10.6 Å². The largest absolute Gasteiger partial charge is 0.481 e. The van der Waals surface area contributed by atoms with Gasteiger partial charge in [-0.25, -0.2) is 4.79 Å². The third kappa shape index (κ3) is 4.09. The highest BCUT2D eigenvalue weighted by Gasteiger charge is 2.36. The minimum atomic E-state index is -0.809. The van der Waals surface area contributed by atoms with Crippen molar-refractivity contribution in [1.29, 1.82) is 0 Å². The molecule has 1 saturated carbocycles. The van der Waals surface area contributed by atoms with Crippen LogP contribution in [0.2, 0.25) is 0 Å². The second-order valence-corrected chi connectivity index (χ2v) is 5.64. The quantitative estimate of drug-likeness (QED) is 0.613. The lowest BCUT2D eigenvalue weighted by Crippen LogP contribution is -2.40. The molecule has 2 aliphatic rings. The highest BCUT2D eigenvalue weighted by Crippen LogP contribution is 2.23. The summed E-state index contributed by atoms with van der Waals surface area (Å²) < 4.78 is 0. The van der Waals surface area contributed by atoms with E-state index in [9.17, 15) is 9.59 Å². The smallest absolute Gasteiger partial charge is 0.317 e. The maximum atomic E-state index is 11.9. The fourth-order valence-corrected chi connectivity index (χ4v) is 2.44. The summed E-state index contributed by atoms with van der Waals surface area (Å²) in [5, 5.41) is 15.3. The highest BCUT2D eigenvalue weighted by atomic mass is 16.4. The van der Waals surface area contributed by atoms with Crippen molar-refractivity contribution in [3.05, 3.63) is 0 Å². The summed E-state index contributed by atoms with van der Waals surface area (Å²) in [5.74, 6) is -1.21. The van der Waals surface area contributed by atoms with Crippen molar-refractivity contribution in [2.75, 3.05) is 26.2 Å². The van der Waals surface area contributed by atoms with E-state index in [1.165, 1.54) is 12.8 Å². The third-order valence-corrected chi connectivity index (χ3v) is 3.86. The molecule has 3 N–H and O–H groups in total. The number of nitrogens with zero attached hydrogens (tertiary/aromatic N) is 1. The minimum absolute atomic E-state index is 0.0276. The molecular weight excluding hydrogens is 246 g/mol. The lowest BCUT2D eigenvalue weighted by molar-refractivity contribution is -0.142. The van der Waals surface area contributed by atoms with Gasteiger partial charge in [0.2, 0.25) is 0 Å². The van der Waals surface area contributed by atoms with Crippen molar-refractivity contribution in [2.24, 2.45) is 11.8 Å². The number of amides is 2. The van der Waals surface area contributed by atoms with Crippen LogP contribution in [0.1, 0.15) is 26.2 Å². The number of likely N-dealkylation sites (tertiary alicyclic amines) is 1. The van der Waals surface area contributed by atoms with Gasteiger partial charge in [-0.15, -0.1) is 0 Å². The summed E-state index contributed by atoms with van der Waals surface area (Å²) in [5.41, 5.74) is 0. The van der Waals surface area contributed by atoms with Gasteiger partial charge in [-0.05, 0) is 31.7 Å². The lowest BCUT2D eigenvalue weighted by atomic mass is 9.99. The molecule has 0 aromatic rings. The van der Waals surface area contributed by atoms with Gasteiger partial charge in [-0.2, -0.15) is 0 Å². The SMILES string of the molecule is CC1CN(C(=O)NCCCNC2CC2)CC1C(=O)O. The maximum Gasteiger partial charge on any atom is 0.317 e. The highest BCUT2D eigenvalue weighted by molar-refractivity contribution is 5.77. The minimum Gasteiger partial charge on any atom is -0.481 e. The van der Waals surface area contributed by atoms with Crippen LogP contribution < -0.4 is 10.6 Å². The molecule has 0 spiro atoms. The van der Waals surface area contributed by atoms with Crippen LogP contribution in [0.5, 0.6) is 0 Å². The van der Waals surface area contributed by atoms with E-state index in [-0.39, 0.29) is 11.9 Å². The predicted octanol–water partition coefficient (Wildman–Crippen LogP) is 0.491. The van der Waals surface area contributed by atoms with Crippen molar-refractivity contribution in [1.82, 2.24) is 15.5 Å². The summed E-state index contributed by atoms with van der Waals surface area (Å²) >= 11 is 0. The zero-order chi connectivity index (χ0) is 13.8. The van der Waals surface area contributed by atoms with E-state index >= 15 is 0 Å². The molecule has 6 nitrogen and oxygen atoms in total. The van der Waals surface area contributed by atoms with Gasteiger partial charge in [0.1, 0.15) is 0 Å². The van der Waals surface area contributed by atoms with Gasteiger partial charge in [0.25, 0.3) is 0 Å². The Labute approximate surface area is 113 Å². The zero-order valence-electron chi connectivity index (χ0n) is 11.4. The van der Waals surface area contributed by atoms with Crippen LogP contribution in [0.3, 0.4) is 0 Å². The predicted molar refractivity (Wildman–Crippen MR) is 70.9 cm³/mol. The second-order valence-electron chi connectivity index (χ2n) is 5.64. The van der Waals surface area contributed by atoms with Gasteiger partial charge in [0, 0.05) is 25.7 Å². The van der Waals surface area contributed by atoms with Crippen molar-refractivity contribution in [3.8, 4) is 0 Å². The molecule has 0 bridgehead atoms. The van der Waals surface area contributed by atoms with Crippen LogP contribution in [0, 0.1) is 11.8 Å². The topological polar surface area (TPSA) is 81.7 Å². The fraction of sp³-hybridized carbons (Fsp3) is 0.846. The average Bonchev–Trinajstić information content (AvgIpc) is 3.09. The summed E-state index contributed by atoms with van der Waals surface area (Å²) in [6, 6.07) is 0.563. The molecule has 0 radical (unpaired) electrons. The summed E-state index contributed by atoms with van der Waals surface area (Å²) in [4.78, 5) is 24.5. The van der Waals surface area contributed by atoms with Crippen molar-refractivity contribution in [2.45, 2.75) is 32.2 Å². The first-order chi connectivity index (χ1) is 9.08. The van der Waals surface area contributed by atoms with E-state index in [1.54, 1.807) is 4.90 Å². The standard InChI is InChI=1S/C13H23N3O3/c1-9-7-16(8-11(9)12(17)18)13(19)15-6-2-5-14-10-3-4-10/h9-11,14H,2-8H2,1H3,(H,15,19)(H,17,18). The molecule has 1 saturated heterocycles. The van der Waals surface area contributed by atoms with Crippen LogP contribution in [0.25, 0.3) is 0 Å². The molecule has 2 amide bonds. The number of carbonyl (C=O) groups excluding carboxylic acids is 1. The Morgan fingerprint density at radius 1 is 1.26 bits per heavy atom. The Balaban J connectivity index is 1.61. The molecule has 2 atom stereocenters. The number of rotatable bonds is 6. The number of carboxylic acids is 1. The first-order valence-electron chi connectivity index (χ1n) is 7.07. The van der Waals surface area contributed by atoms with Crippen molar-refractivity contribution >= 4 is 12.0 Å². The Morgan fingerprint density at radius 3 is 2.58 bits per heavy atom. The van der Waals surface area contributed by atoms with Crippen molar-refractivity contribution in [3.63, 3.8) is 0 Å². The van der Waals surface area contributed by atoms with Gasteiger partial charge in [0.15, 0.2) is 0 Å². The van der Waals surface area contributed by atoms with Gasteiger partial charge in [-0.1, -0.05) is 6.92 Å². The molecule has 19 heavy (non-hydrogen) atoms. The van der Waals surface area contributed by atoms with Crippen molar-refractivity contribution < 1.29 is 14.7 Å². The van der Waals surface area contributed by atoms with Crippen LogP contribution in [-0.4, -0.2) is 54.2 Å². The second kappa shape index (κ2) is 6.23. The Kier molecular flexibility index (Phi) is 4.63. The first kappa shape index (κ1) is 14.1. The number of hydrogen-bond donors (Lipinski definition) is 3. The molecule has 1 heterocycles. The van der Waals surface area contributed by atoms with E-state index < -0.39 is 11.9 Å². The number of urea groups is 1. The van der Waals surface area contributed by atoms with E-state index in [4.69, 9.17) is 5.11 Å². The van der Waals surface area contributed by atoms with Gasteiger partial charge >= 0.3 is 12.0 Å². The normalized spacial score (nSPS) is 26.5.